The summed E-state index contributed by atoms with van der Waals surface area (Å²) in [4.78, 5) is 2.58. The molecule has 6 nitrogen and oxygen atoms in total. The van der Waals surface area contributed by atoms with Crippen molar-refractivity contribution in [1.82, 2.24) is 10.2 Å². The smallest absolute Gasteiger partial charge is 0.164 e. The summed E-state index contributed by atoms with van der Waals surface area (Å²) >= 11 is 0. The number of nitriles is 1. The highest BCUT2D eigenvalue weighted by Crippen LogP contribution is 2.37. The average Bonchev–Trinajstić information content (AvgIpc) is 3.11. The lowest BCUT2D eigenvalue weighted by Gasteiger charge is -2.38. The van der Waals surface area contributed by atoms with Crippen molar-refractivity contribution in [3.63, 3.8) is 0 Å². The van der Waals surface area contributed by atoms with E-state index in [9.17, 15) is 0 Å². The zero-order chi connectivity index (χ0) is 23.2. The molecule has 0 aromatic heterocycles. The van der Waals surface area contributed by atoms with Gasteiger partial charge in [-0.1, -0.05) is 12.1 Å². The number of methoxy groups -OCH3 is 2. The Morgan fingerprint density at radius 1 is 1.03 bits per heavy atom. The Morgan fingerprint density at radius 3 is 2.36 bits per heavy atom. The summed E-state index contributed by atoms with van der Waals surface area (Å²) in [5, 5.41) is 12.8. The van der Waals surface area contributed by atoms with E-state index in [1.54, 1.807) is 14.2 Å². The highest BCUT2D eigenvalue weighted by molar-refractivity contribution is 5.45. The van der Waals surface area contributed by atoms with Crippen molar-refractivity contribution in [2.24, 2.45) is 11.8 Å². The molecular formula is C27H35N3O3. The minimum Gasteiger partial charge on any atom is -0.493 e. The fraction of sp³-hybridized carbons (Fsp3) is 0.519. The molecule has 6 heteroatoms. The SMILES string of the molecule is COc1ccc(OC(CCCN(C)C2C3CCC2CNC3)c2ccc(C#N)cc2)cc1OC. The molecule has 0 amide bonds. The van der Waals surface area contributed by atoms with Gasteiger partial charge in [0.1, 0.15) is 11.9 Å². The minimum atomic E-state index is -0.103. The summed E-state index contributed by atoms with van der Waals surface area (Å²) in [6.07, 6.45) is 4.53. The van der Waals surface area contributed by atoms with Gasteiger partial charge in [-0.25, -0.2) is 0 Å². The van der Waals surface area contributed by atoms with Crippen molar-refractivity contribution < 1.29 is 14.2 Å². The second-order valence-electron chi connectivity index (χ2n) is 9.23. The molecule has 176 valence electrons. The van der Waals surface area contributed by atoms with Gasteiger partial charge in [0, 0.05) is 12.1 Å². The van der Waals surface area contributed by atoms with E-state index in [1.165, 1.54) is 12.8 Å². The summed E-state index contributed by atoms with van der Waals surface area (Å²) in [7, 11) is 5.54. The van der Waals surface area contributed by atoms with Crippen LogP contribution in [0.25, 0.3) is 0 Å². The third-order valence-corrected chi connectivity index (χ3v) is 7.22. The molecule has 2 fully saturated rings. The number of nitrogens with zero attached hydrogens (tertiary/aromatic N) is 2. The van der Waals surface area contributed by atoms with Gasteiger partial charge in [-0.05, 0) is 94.0 Å². The molecule has 1 N–H and O–H groups in total. The lowest BCUT2D eigenvalue weighted by atomic mass is 9.92. The second kappa shape index (κ2) is 10.9. The molecule has 0 spiro atoms. The fourth-order valence-electron chi connectivity index (χ4n) is 5.57. The molecule has 2 aromatic carbocycles. The minimum absolute atomic E-state index is 0.103. The van der Waals surface area contributed by atoms with E-state index in [2.05, 4.69) is 23.3 Å². The normalized spacial score (nSPS) is 22.6. The van der Waals surface area contributed by atoms with E-state index in [4.69, 9.17) is 19.5 Å². The first-order chi connectivity index (χ1) is 16.1. The van der Waals surface area contributed by atoms with Gasteiger partial charge in [-0.15, -0.1) is 0 Å². The Kier molecular flexibility index (Phi) is 7.74. The molecule has 3 unspecified atom stereocenters. The zero-order valence-corrected chi connectivity index (χ0v) is 19.9. The van der Waals surface area contributed by atoms with Crippen LogP contribution in [0.3, 0.4) is 0 Å². The summed E-state index contributed by atoms with van der Waals surface area (Å²) in [5.41, 5.74) is 1.73. The van der Waals surface area contributed by atoms with E-state index < -0.39 is 0 Å². The van der Waals surface area contributed by atoms with Crippen molar-refractivity contribution in [3.05, 3.63) is 53.6 Å². The van der Waals surface area contributed by atoms with Crippen LogP contribution >= 0.6 is 0 Å². The summed E-state index contributed by atoms with van der Waals surface area (Å²) < 4.78 is 17.3. The number of ether oxygens (including phenoxy) is 3. The predicted molar refractivity (Wildman–Crippen MR) is 129 cm³/mol. The van der Waals surface area contributed by atoms with Gasteiger partial charge in [0.15, 0.2) is 11.5 Å². The average molecular weight is 450 g/mol. The first kappa shape index (κ1) is 23.4. The number of piperidine rings is 1. The van der Waals surface area contributed by atoms with Crippen LogP contribution in [0, 0.1) is 23.2 Å². The Labute approximate surface area is 197 Å². The molecule has 1 saturated carbocycles. The van der Waals surface area contributed by atoms with Crippen molar-refractivity contribution in [1.29, 1.82) is 5.26 Å². The molecule has 1 heterocycles. The lowest BCUT2D eigenvalue weighted by molar-refractivity contribution is 0.120. The molecule has 1 aliphatic carbocycles. The maximum absolute atomic E-state index is 9.17. The Hall–Kier alpha value is -2.75. The van der Waals surface area contributed by atoms with Gasteiger partial charge in [0.25, 0.3) is 0 Å². The fourth-order valence-corrected chi connectivity index (χ4v) is 5.57. The largest absolute Gasteiger partial charge is 0.493 e. The third-order valence-electron chi connectivity index (χ3n) is 7.22. The van der Waals surface area contributed by atoms with E-state index in [1.807, 2.05) is 42.5 Å². The molecule has 1 aliphatic heterocycles. The highest BCUT2D eigenvalue weighted by Gasteiger charge is 2.40. The Morgan fingerprint density at radius 2 is 1.73 bits per heavy atom. The van der Waals surface area contributed by atoms with Gasteiger partial charge < -0.3 is 24.4 Å². The summed E-state index contributed by atoms with van der Waals surface area (Å²) in [6, 6.07) is 16.3. The van der Waals surface area contributed by atoms with Crippen molar-refractivity contribution in [3.8, 4) is 23.3 Å². The summed E-state index contributed by atoms with van der Waals surface area (Å²) in [5.74, 6) is 3.64. The Bertz CT molecular complexity index is 940. The number of benzene rings is 2. The molecule has 0 radical (unpaired) electrons. The predicted octanol–water partition coefficient (Wildman–Crippen LogP) is 4.41. The van der Waals surface area contributed by atoms with Crippen LogP contribution in [0.1, 0.15) is 42.9 Å². The van der Waals surface area contributed by atoms with Crippen LogP contribution in [-0.2, 0) is 0 Å². The standard InChI is InChI=1S/C27H35N3O3/c1-30(27-21-10-11-22(27)18-29-17-21)14-4-5-24(20-8-6-19(16-28)7-9-20)33-23-12-13-25(31-2)26(15-23)32-3/h6-9,12-13,15,21-22,24,27,29H,4-5,10-11,14,17-18H2,1-3H3. The Balaban J connectivity index is 1.44. The van der Waals surface area contributed by atoms with Crippen LogP contribution in [0.15, 0.2) is 42.5 Å². The van der Waals surface area contributed by atoms with E-state index >= 15 is 0 Å². The number of fused-ring (bicyclic) bond motifs is 2. The maximum Gasteiger partial charge on any atom is 0.164 e. The first-order valence-corrected chi connectivity index (χ1v) is 11.9. The van der Waals surface area contributed by atoms with Crippen LogP contribution in [0.5, 0.6) is 17.2 Å². The van der Waals surface area contributed by atoms with Crippen molar-refractivity contribution >= 4 is 0 Å². The van der Waals surface area contributed by atoms with Gasteiger partial charge in [0.05, 0.1) is 25.9 Å². The van der Waals surface area contributed by atoms with Crippen molar-refractivity contribution in [2.75, 3.05) is 40.9 Å². The molecule has 4 rings (SSSR count). The lowest BCUT2D eigenvalue weighted by Crippen LogP contribution is -2.50. The van der Waals surface area contributed by atoms with Gasteiger partial charge >= 0.3 is 0 Å². The van der Waals surface area contributed by atoms with Crippen LogP contribution < -0.4 is 19.5 Å². The first-order valence-electron chi connectivity index (χ1n) is 11.9. The number of hydrogen-bond acceptors (Lipinski definition) is 6. The number of hydrogen-bond donors (Lipinski definition) is 1. The van der Waals surface area contributed by atoms with Gasteiger partial charge in [0.2, 0.25) is 0 Å². The molecular weight excluding hydrogens is 414 g/mol. The van der Waals surface area contributed by atoms with Gasteiger partial charge in [-0.2, -0.15) is 5.26 Å². The monoisotopic (exact) mass is 449 g/mol. The quantitative estimate of drug-likeness (QED) is 0.580. The zero-order valence-electron chi connectivity index (χ0n) is 19.9. The molecule has 3 atom stereocenters. The molecule has 2 bridgehead atoms. The van der Waals surface area contributed by atoms with Crippen LogP contribution in [-0.4, -0.2) is 51.8 Å². The number of nitrogens with one attached hydrogen (secondary N) is 1. The topological polar surface area (TPSA) is 66.8 Å². The van der Waals surface area contributed by atoms with E-state index in [0.717, 1.165) is 55.6 Å². The molecule has 2 aromatic rings. The second-order valence-corrected chi connectivity index (χ2v) is 9.23. The molecule has 2 aliphatic rings. The molecule has 1 saturated heterocycles. The summed E-state index contributed by atoms with van der Waals surface area (Å²) in [6.45, 7) is 3.36. The third kappa shape index (κ3) is 5.43. The van der Waals surface area contributed by atoms with Gasteiger partial charge in [-0.3, -0.25) is 0 Å². The highest BCUT2D eigenvalue weighted by atomic mass is 16.5. The van der Waals surface area contributed by atoms with Crippen LogP contribution in [0.2, 0.25) is 0 Å². The van der Waals surface area contributed by atoms with Crippen molar-refractivity contribution in [2.45, 2.75) is 37.8 Å². The maximum atomic E-state index is 9.17. The molecule has 33 heavy (non-hydrogen) atoms. The number of rotatable bonds is 10. The van der Waals surface area contributed by atoms with E-state index in [0.29, 0.717) is 23.1 Å². The van der Waals surface area contributed by atoms with E-state index in [-0.39, 0.29) is 6.10 Å². The van der Waals surface area contributed by atoms with Crippen LogP contribution in [0.4, 0.5) is 0 Å².